The molecule has 2 aromatic carbocycles. The molecule has 0 saturated heterocycles. The van der Waals surface area contributed by atoms with E-state index >= 15 is 0 Å². The number of nitrogens with one attached hydrogen (secondary N) is 1. The highest BCUT2D eigenvalue weighted by Crippen LogP contribution is 2.11. The van der Waals surface area contributed by atoms with Crippen LogP contribution in [0.2, 0.25) is 0 Å². The number of hydrogen-bond acceptors (Lipinski definition) is 3. The zero-order chi connectivity index (χ0) is 18.4. The summed E-state index contributed by atoms with van der Waals surface area (Å²) in [7, 11) is 0.614. The molecule has 2 aromatic rings. The van der Waals surface area contributed by atoms with Gasteiger partial charge in [0.1, 0.15) is 0 Å². The van der Waals surface area contributed by atoms with Crippen molar-refractivity contribution in [3.63, 3.8) is 0 Å². The molecule has 0 radical (unpaired) electrons. The number of carbonyl (C=O) groups is 2. The average molecular weight is 358 g/mol. The van der Waals surface area contributed by atoms with E-state index < -0.39 is 10.8 Å². The van der Waals surface area contributed by atoms with Gasteiger partial charge in [0.15, 0.2) is 0 Å². The molecule has 0 saturated carbocycles. The quantitative estimate of drug-likeness (QED) is 0.863. The summed E-state index contributed by atoms with van der Waals surface area (Å²) >= 11 is 0. The molecular weight excluding hydrogens is 336 g/mol. The number of benzene rings is 2. The van der Waals surface area contributed by atoms with Gasteiger partial charge in [0.05, 0.1) is 6.54 Å². The Balaban J connectivity index is 1.98. The van der Waals surface area contributed by atoms with Crippen LogP contribution in [0.5, 0.6) is 0 Å². The highest BCUT2D eigenvalue weighted by atomic mass is 32.2. The molecule has 0 aliphatic carbocycles. The van der Waals surface area contributed by atoms with Crippen molar-refractivity contribution in [2.45, 2.75) is 12.7 Å². The number of rotatable bonds is 6. The summed E-state index contributed by atoms with van der Waals surface area (Å²) < 4.78 is 11.3. The number of aryl methyl sites for hydroxylation is 1. The van der Waals surface area contributed by atoms with Crippen molar-refractivity contribution in [3.8, 4) is 0 Å². The standard InChI is InChI=1S/C19H22N2O3S/c1-14-7-9-17(10-8-14)20-18(22)12-21(2)19(23)16-6-4-5-15(11-16)13-25(3)24/h4-11H,12-13H2,1-3H3,(H,20,22). The molecule has 0 aliphatic heterocycles. The predicted octanol–water partition coefficient (Wildman–Crippen LogP) is 2.58. The summed E-state index contributed by atoms with van der Waals surface area (Å²) in [4.78, 5) is 26.0. The van der Waals surface area contributed by atoms with E-state index in [-0.39, 0.29) is 18.4 Å². The Kier molecular flexibility index (Phi) is 6.47. The lowest BCUT2D eigenvalue weighted by molar-refractivity contribution is -0.116. The van der Waals surface area contributed by atoms with Gasteiger partial charge < -0.3 is 10.2 Å². The lowest BCUT2D eigenvalue weighted by atomic mass is 10.1. The fraction of sp³-hybridized carbons (Fsp3) is 0.263. The van der Waals surface area contributed by atoms with E-state index in [0.29, 0.717) is 17.0 Å². The zero-order valence-electron chi connectivity index (χ0n) is 14.6. The number of hydrogen-bond donors (Lipinski definition) is 1. The Morgan fingerprint density at radius 2 is 1.80 bits per heavy atom. The molecule has 0 aromatic heterocycles. The van der Waals surface area contributed by atoms with Crippen molar-refractivity contribution in [2.75, 3.05) is 25.2 Å². The van der Waals surface area contributed by atoms with Gasteiger partial charge in [-0.25, -0.2) is 0 Å². The first-order valence-corrected chi connectivity index (χ1v) is 9.59. The molecule has 25 heavy (non-hydrogen) atoms. The molecule has 1 unspecified atom stereocenters. The number of carbonyl (C=O) groups excluding carboxylic acids is 2. The zero-order valence-corrected chi connectivity index (χ0v) is 15.4. The number of amides is 2. The second-order valence-electron chi connectivity index (χ2n) is 5.99. The molecule has 0 fully saturated rings. The third-order valence-electron chi connectivity index (χ3n) is 3.61. The summed E-state index contributed by atoms with van der Waals surface area (Å²) in [5.41, 5.74) is 3.12. The van der Waals surface area contributed by atoms with E-state index in [1.54, 1.807) is 31.5 Å². The highest BCUT2D eigenvalue weighted by molar-refractivity contribution is 7.83. The fourth-order valence-corrected chi connectivity index (χ4v) is 3.02. The summed E-state index contributed by atoms with van der Waals surface area (Å²) in [6, 6.07) is 14.5. The maximum Gasteiger partial charge on any atom is 0.254 e. The third-order valence-corrected chi connectivity index (χ3v) is 4.35. The Hall–Kier alpha value is -2.47. The summed E-state index contributed by atoms with van der Waals surface area (Å²) in [5, 5.41) is 2.77. The smallest absolute Gasteiger partial charge is 0.254 e. The van der Waals surface area contributed by atoms with E-state index in [9.17, 15) is 13.8 Å². The van der Waals surface area contributed by atoms with Gasteiger partial charge >= 0.3 is 0 Å². The van der Waals surface area contributed by atoms with Gasteiger partial charge in [-0.1, -0.05) is 29.8 Å². The Morgan fingerprint density at radius 3 is 2.44 bits per heavy atom. The minimum atomic E-state index is -0.971. The van der Waals surface area contributed by atoms with Gasteiger partial charge in [-0.2, -0.15) is 0 Å². The average Bonchev–Trinajstić information content (AvgIpc) is 2.55. The van der Waals surface area contributed by atoms with Crippen molar-refractivity contribution >= 4 is 28.3 Å². The first kappa shape index (κ1) is 18.9. The van der Waals surface area contributed by atoms with Crippen LogP contribution in [0.15, 0.2) is 48.5 Å². The van der Waals surface area contributed by atoms with Crippen molar-refractivity contribution in [2.24, 2.45) is 0 Å². The molecule has 1 atom stereocenters. The largest absolute Gasteiger partial charge is 0.332 e. The molecule has 2 amide bonds. The molecule has 5 nitrogen and oxygen atoms in total. The van der Waals surface area contributed by atoms with Gasteiger partial charge in [-0.15, -0.1) is 0 Å². The van der Waals surface area contributed by atoms with Crippen LogP contribution in [-0.4, -0.2) is 40.8 Å². The molecule has 132 valence electrons. The first-order chi connectivity index (χ1) is 11.8. The molecule has 1 N–H and O–H groups in total. The fourth-order valence-electron chi connectivity index (χ4n) is 2.37. The van der Waals surface area contributed by atoms with Gasteiger partial charge in [-0.05, 0) is 36.8 Å². The second-order valence-corrected chi connectivity index (χ2v) is 7.43. The maximum absolute atomic E-state index is 12.5. The Labute approximate surface area is 150 Å². The van der Waals surface area contributed by atoms with Crippen LogP contribution in [-0.2, 0) is 21.3 Å². The molecule has 2 rings (SSSR count). The molecule has 0 heterocycles. The van der Waals surface area contributed by atoms with Crippen LogP contribution in [0.25, 0.3) is 0 Å². The van der Waals surface area contributed by atoms with Crippen LogP contribution >= 0.6 is 0 Å². The molecule has 6 heteroatoms. The molecule has 0 spiro atoms. The van der Waals surface area contributed by atoms with Crippen LogP contribution < -0.4 is 5.32 Å². The van der Waals surface area contributed by atoms with Gasteiger partial charge in [0.25, 0.3) is 5.91 Å². The van der Waals surface area contributed by atoms with Crippen molar-refractivity contribution in [1.29, 1.82) is 0 Å². The van der Waals surface area contributed by atoms with Crippen molar-refractivity contribution < 1.29 is 13.8 Å². The minimum Gasteiger partial charge on any atom is -0.332 e. The SMILES string of the molecule is Cc1ccc(NC(=O)CN(C)C(=O)c2cccc(CS(C)=O)c2)cc1. The summed E-state index contributed by atoms with van der Waals surface area (Å²) in [6.45, 7) is 1.93. The van der Waals surface area contributed by atoms with E-state index in [0.717, 1.165) is 11.1 Å². The van der Waals surface area contributed by atoms with Crippen molar-refractivity contribution in [3.05, 3.63) is 65.2 Å². The van der Waals surface area contributed by atoms with Crippen LogP contribution in [0.1, 0.15) is 21.5 Å². The highest BCUT2D eigenvalue weighted by Gasteiger charge is 2.15. The lowest BCUT2D eigenvalue weighted by Gasteiger charge is -2.17. The van der Waals surface area contributed by atoms with Crippen LogP contribution in [0.4, 0.5) is 5.69 Å². The van der Waals surface area contributed by atoms with Gasteiger partial charge in [-0.3, -0.25) is 13.8 Å². The van der Waals surface area contributed by atoms with Crippen LogP contribution in [0, 0.1) is 6.92 Å². The predicted molar refractivity (Wildman–Crippen MR) is 101 cm³/mol. The summed E-state index contributed by atoms with van der Waals surface area (Å²) in [6.07, 6.45) is 1.62. The monoisotopic (exact) mass is 358 g/mol. The van der Waals surface area contributed by atoms with E-state index in [4.69, 9.17) is 0 Å². The number of nitrogens with zero attached hydrogens (tertiary/aromatic N) is 1. The molecule has 0 aliphatic rings. The number of anilines is 1. The van der Waals surface area contributed by atoms with Crippen LogP contribution in [0.3, 0.4) is 0 Å². The Morgan fingerprint density at radius 1 is 1.12 bits per heavy atom. The molecular formula is C19H22N2O3S. The van der Waals surface area contributed by atoms with Gasteiger partial charge in [0, 0.05) is 41.1 Å². The topological polar surface area (TPSA) is 66.5 Å². The summed E-state index contributed by atoms with van der Waals surface area (Å²) in [5.74, 6) is -0.105. The first-order valence-electron chi connectivity index (χ1n) is 7.86. The Bertz CT molecular complexity index is 788. The van der Waals surface area contributed by atoms with Crippen molar-refractivity contribution in [1.82, 2.24) is 4.90 Å². The normalized spacial score (nSPS) is 11.6. The minimum absolute atomic E-state index is 0.0450. The van der Waals surface area contributed by atoms with E-state index in [1.165, 1.54) is 4.90 Å². The third kappa shape index (κ3) is 5.83. The number of likely N-dealkylation sites (N-methyl/N-ethyl adjacent to an activating group) is 1. The lowest BCUT2D eigenvalue weighted by Crippen LogP contribution is -2.35. The van der Waals surface area contributed by atoms with Gasteiger partial charge in [0.2, 0.25) is 5.91 Å². The second kappa shape index (κ2) is 8.58. The van der Waals surface area contributed by atoms with E-state index in [1.807, 2.05) is 37.3 Å². The maximum atomic E-state index is 12.5. The van der Waals surface area contributed by atoms with E-state index in [2.05, 4.69) is 5.32 Å². The molecule has 0 bridgehead atoms.